The fourth-order valence-corrected chi connectivity index (χ4v) is 2.50. The summed E-state index contributed by atoms with van der Waals surface area (Å²) in [6, 6.07) is 6.27. The average molecular weight is 262 g/mol. The molecule has 1 aliphatic rings. The van der Waals surface area contributed by atoms with Gasteiger partial charge in [0, 0.05) is 38.6 Å². The van der Waals surface area contributed by atoms with E-state index in [1.54, 1.807) is 0 Å². The fraction of sp³-hybridized carbons (Fsp3) is 0.625. The molecule has 3 nitrogen and oxygen atoms in total. The van der Waals surface area contributed by atoms with Crippen molar-refractivity contribution in [2.45, 2.75) is 20.8 Å². The molecule has 1 unspecified atom stereocenters. The Hall–Kier alpha value is -1.06. The predicted octanol–water partition coefficient (Wildman–Crippen LogP) is 2.22. The first kappa shape index (κ1) is 14.4. The summed E-state index contributed by atoms with van der Waals surface area (Å²) in [5.41, 5.74) is 2.56. The van der Waals surface area contributed by atoms with Crippen molar-refractivity contribution in [2.75, 3.05) is 39.3 Å². The van der Waals surface area contributed by atoms with Gasteiger partial charge in [-0.1, -0.05) is 19.1 Å². The third kappa shape index (κ3) is 4.22. The zero-order valence-corrected chi connectivity index (χ0v) is 12.4. The van der Waals surface area contributed by atoms with Crippen molar-refractivity contribution in [3.63, 3.8) is 0 Å². The van der Waals surface area contributed by atoms with Crippen LogP contribution in [-0.4, -0.2) is 44.2 Å². The van der Waals surface area contributed by atoms with E-state index in [9.17, 15) is 0 Å². The van der Waals surface area contributed by atoms with Crippen LogP contribution in [0.1, 0.15) is 18.1 Å². The standard InChI is InChI=1S/C16H26N2O/c1-13(11-18-9-7-17-8-10-18)12-19-16-6-4-5-14(2)15(16)3/h4-6,13,17H,7-12H2,1-3H3. The molecule has 3 heteroatoms. The molecule has 0 amide bonds. The van der Waals surface area contributed by atoms with E-state index in [1.807, 2.05) is 0 Å². The second-order valence-electron chi connectivity index (χ2n) is 5.66. The minimum Gasteiger partial charge on any atom is -0.493 e. The zero-order chi connectivity index (χ0) is 13.7. The molecular formula is C16H26N2O. The normalized spacial score (nSPS) is 18.3. The smallest absolute Gasteiger partial charge is 0.122 e. The summed E-state index contributed by atoms with van der Waals surface area (Å²) < 4.78 is 5.98. The Kier molecular flexibility index (Phi) is 5.23. The molecule has 19 heavy (non-hydrogen) atoms. The van der Waals surface area contributed by atoms with Gasteiger partial charge in [0.25, 0.3) is 0 Å². The van der Waals surface area contributed by atoms with Crippen LogP contribution in [0, 0.1) is 19.8 Å². The van der Waals surface area contributed by atoms with Gasteiger partial charge in [-0.15, -0.1) is 0 Å². The highest BCUT2D eigenvalue weighted by Crippen LogP contribution is 2.21. The van der Waals surface area contributed by atoms with Gasteiger partial charge in [0.05, 0.1) is 6.61 Å². The van der Waals surface area contributed by atoms with Crippen molar-refractivity contribution >= 4 is 0 Å². The summed E-state index contributed by atoms with van der Waals surface area (Å²) in [5, 5.41) is 3.39. The molecule has 1 aromatic carbocycles. The lowest BCUT2D eigenvalue weighted by Crippen LogP contribution is -2.45. The fourth-order valence-electron chi connectivity index (χ4n) is 2.50. The summed E-state index contributed by atoms with van der Waals surface area (Å²) >= 11 is 0. The van der Waals surface area contributed by atoms with Gasteiger partial charge in [-0.25, -0.2) is 0 Å². The second-order valence-corrected chi connectivity index (χ2v) is 5.66. The molecule has 0 spiro atoms. The molecule has 1 atom stereocenters. The van der Waals surface area contributed by atoms with E-state index in [1.165, 1.54) is 11.1 Å². The van der Waals surface area contributed by atoms with Crippen molar-refractivity contribution in [3.8, 4) is 5.75 Å². The summed E-state index contributed by atoms with van der Waals surface area (Å²) in [6.45, 7) is 13.0. The molecular weight excluding hydrogens is 236 g/mol. The summed E-state index contributed by atoms with van der Waals surface area (Å²) in [4.78, 5) is 2.52. The van der Waals surface area contributed by atoms with Crippen molar-refractivity contribution in [2.24, 2.45) is 5.92 Å². The molecule has 0 aromatic heterocycles. The Morgan fingerprint density at radius 2 is 2.00 bits per heavy atom. The van der Waals surface area contributed by atoms with Crippen LogP contribution >= 0.6 is 0 Å². The van der Waals surface area contributed by atoms with Crippen LogP contribution in [0.2, 0.25) is 0 Å². The Labute approximate surface area is 116 Å². The molecule has 0 radical (unpaired) electrons. The molecule has 0 aliphatic carbocycles. The maximum absolute atomic E-state index is 5.98. The molecule has 1 fully saturated rings. The first-order chi connectivity index (χ1) is 9.16. The van der Waals surface area contributed by atoms with Crippen molar-refractivity contribution in [3.05, 3.63) is 29.3 Å². The largest absolute Gasteiger partial charge is 0.493 e. The number of piperazine rings is 1. The first-order valence-corrected chi connectivity index (χ1v) is 7.29. The minimum absolute atomic E-state index is 0.568. The third-order valence-electron chi connectivity index (χ3n) is 3.86. The van der Waals surface area contributed by atoms with Crippen LogP contribution in [-0.2, 0) is 0 Å². The van der Waals surface area contributed by atoms with Gasteiger partial charge in [0.2, 0.25) is 0 Å². The number of benzene rings is 1. The summed E-state index contributed by atoms with van der Waals surface area (Å²) in [6.07, 6.45) is 0. The Morgan fingerprint density at radius 3 is 2.74 bits per heavy atom. The maximum Gasteiger partial charge on any atom is 0.122 e. The first-order valence-electron chi connectivity index (χ1n) is 7.29. The predicted molar refractivity (Wildman–Crippen MR) is 79.9 cm³/mol. The van der Waals surface area contributed by atoms with E-state index in [-0.39, 0.29) is 0 Å². The van der Waals surface area contributed by atoms with Gasteiger partial charge in [-0.3, -0.25) is 0 Å². The molecule has 0 saturated carbocycles. The van der Waals surface area contributed by atoms with Crippen LogP contribution in [0.15, 0.2) is 18.2 Å². The van der Waals surface area contributed by atoms with Gasteiger partial charge in [-0.2, -0.15) is 0 Å². The maximum atomic E-state index is 5.98. The quantitative estimate of drug-likeness (QED) is 0.880. The van der Waals surface area contributed by atoms with Gasteiger partial charge in [0.1, 0.15) is 5.75 Å². The molecule has 1 aliphatic heterocycles. The van der Waals surface area contributed by atoms with Gasteiger partial charge in [0.15, 0.2) is 0 Å². The van der Waals surface area contributed by atoms with E-state index < -0.39 is 0 Å². The number of nitrogens with zero attached hydrogens (tertiary/aromatic N) is 1. The van der Waals surface area contributed by atoms with Crippen LogP contribution in [0.25, 0.3) is 0 Å². The second kappa shape index (κ2) is 6.92. The van der Waals surface area contributed by atoms with E-state index in [0.29, 0.717) is 5.92 Å². The lowest BCUT2D eigenvalue weighted by molar-refractivity contribution is 0.171. The van der Waals surface area contributed by atoms with Crippen LogP contribution in [0.4, 0.5) is 0 Å². The molecule has 1 aromatic rings. The highest BCUT2D eigenvalue weighted by atomic mass is 16.5. The van der Waals surface area contributed by atoms with E-state index >= 15 is 0 Å². The highest BCUT2D eigenvalue weighted by Gasteiger charge is 2.13. The zero-order valence-electron chi connectivity index (χ0n) is 12.4. The molecule has 1 N–H and O–H groups in total. The number of hydrogen-bond donors (Lipinski definition) is 1. The molecule has 1 saturated heterocycles. The Morgan fingerprint density at radius 1 is 1.26 bits per heavy atom. The van der Waals surface area contributed by atoms with Crippen molar-refractivity contribution in [1.82, 2.24) is 10.2 Å². The van der Waals surface area contributed by atoms with Crippen molar-refractivity contribution in [1.29, 1.82) is 0 Å². The van der Waals surface area contributed by atoms with Crippen molar-refractivity contribution < 1.29 is 4.74 Å². The average Bonchev–Trinajstić information content (AvgIpc) is 2.42. The third-order valence-corrected chi connectivity index (χ3v) is 3.86. The van der Waals surface area contributed by atoms with Gasteiger partial charge in [-0.05, 0) is 31.0 Å². The molecule has 1 heterocycles. The lowest BCUT2D eigenvalue weighted by atomic mass is 10.1. The topological polar surface area (TPSA) is 24.5 Å². The summed E-state index contributed by atoms with van der Waals surface area (Å²) in [5.74, 6) is 1.60. The van der Waals surface area contributed by atoms with Crippen LogP contribution in [0.3, 0.4) is 0 Å². The lowest BCUT2D eigenvalue weighted by Gasteiger charge is -2.29. The van der Waals surface area contributed by atoms with E-state index in [4.69, 9.17) is 4.74 Å². The Balaban J connectivity index is 1.79. The van der Waals surface area contributed by atoms with Gasteiger partial charge < -0.3 is 15.0 Å². The monoisotopic (exact) mass is 262 g/mol. The van der Waals surface area contributed by atoms with E-state index in [0.717, 1.165) is 45.1 Å². The number of ether oxygens (including phenoxy) is 1. The van der Waals surface area contributed by atoms with E-state index in [2.05, 4.69) is 49.2 Å². The van der Waals surface area contributed by atoms with Gasteiger partial charge >= 0.3 is 0 Å². The number of nitrogens with one attached hydrogen (secondary N) is 1. The minimum atomic E-state index is 0.568. The molecule has 2 rings (SSSR count). The Bertz CT molecular complexity index is 400. The number of rotatable bonds is 5. The number of hydrogen-bond acceptors (Lipinski definition) is 3. The number of aryl methyl sites for hydroxylation is 1. The molecule has 106 valence electrons. The highest BCUT2D eigenvalue weighted by molar-refractivity contribution is 5.38. The van der Waals surface area contributed by atoms with Crippen LogP contribution < -0.4 is 10.1 Å². The summed E-state index contributed by atoms with van der Waals surface area (Å²) in [7, 11) is 0. The van der Waals surface area contributed by atoms with Crippen LogP contribution in [0.5, 0.6) is 5.75 Å². The SMILES string of the molecule is Cc1cccc(OCC(C)CN2CCNCC2)c1C. The molecule has 0 bridgehead atoms.